The van der Waals surface area contributed by atoms with Gasteiger partial charge in [-0.2, -0.15) is 9.59 Å². The van der Waals surface area contributed by atoms with E-state index in [-0.39, 0.29) is 6.15 Å². The van der Waals surface area contributed by atoms with Crippen molar-refractivity contribution in [1.29, 1.82) is 0 Å². The molecule has 4 aliphatic rings. The van der Waals surface area contributed by atoms with Crippen LogP contribution in [0.25, 0.3) is 0 Å². The van der Waals surface area contributed by atoms with Crippen LogP contribution in [0, 0.1) is 5.92 Å². The third-order valence-corrected chi connectivity index (χ3v) is 8.66. The van der Waals surface area contributed by atoms with Crippen molar-refractivity contribution in [2.45, 2.75) is 145 Å². The molecule has 0 radical (unpaired) electrons. The van der Waals surface area contributed by atoms with Crippen LogP contribution in [0.4, 0.5) is 0 Å². The molecule has 0 bridgehead atoms. The van der Waals surface area contributed by atoms with Gasteiger partial charge in [0, 0.05) is 13.2 Å². The molecule has 13 unspecified atom stereocenters. The molecule has 14 nitrogen and oxygen atoms in total. The van der Waals surface area contributed by atoms with Crippen LogP contribution in [0.2, 0.25) is 0 Å². The molecule has 42 heavy (non-hydrogen) atoms. The van der Waals surface area contributed by atoms with Crippen molar-refractivity contribution in [3.63, 3.8) is 0 Å². The predicted molar refractivity (Wildman–Crippen MR) is 140 cm³/mol. The topological polar surface area (TPSA) is 211 Å². The maximum Gasteiger partial charge on any atom is 0.373 e. The van der Waals surface area contributed by atoms with E-state index < -0.39 is 86.3 Å². The van der Waals surface area contributed by atoms with Crippen LogP contribution in [-0.2, 0) is 38.0 Å². The number of aliphatic hydroxyl groups excluding tert-OH is 6. The lowest BCUT2D eigenvalue weighted by Gasteiger charge is -2.47. The van der Waals surface area contributed by atoms with Crippen LogP contribution in [-0.4, -0.2) is 136 Å². The summed E-state index contributed by atoms with van der Waals surface area (Å²) < 4.78 is 35.6. The van der Waals surface area contributed by atoms with E-state index in [0.29, 0.717) is 32.0 Å². The van der Waals surface area contributed by atoms with Gasteiger partial charge in [-0.15, -0.1) is 0 Å². The molecular weight excluding hydrogens is 560 g/mol. The molecule has 0 aromatic heterocycles. The molecule has 0 spiro atoms. The van der Waals surface area contributed by atoms with E-state index in [1.54, 1.807) is 6.92 Å². The first kappa shape index (κ1) is 35.4. The van der Waals surface area contributed by atoms with Gasteiger partial charge in [0.2, 0.25) is 0 Å². The molecule has 3 aliphatic heterocycles. The van der Waals surface area contributed by atoms with Gasteiger partial charge in [-0.05, 0) is 32.1 Å². The number of hydrogen-bond donors (Lipinski definition) is 6. The molecule has 3 saturated heterocycles. The van der Waals surface area contributed by atoms with Gasteiger partial charge in [-0.3, -0.25) is 0 Å². The van der Waals surface area contributed by atoms with E-state index in [1.165, 1.54) is 19.3 Å². The maximum atomic E-state index is 11.1. The number of carbonyl (C=O) groups excluding carboxylic acids is 2. The minimum atomic E-state index is -1.50. The zero-order valence-electron chi connectivity index (χ0n) is 24.3. The fourth-order valence-electron chi connectivity index (χ4n) is 6.17. The molecule has 13 atom stereocenters. The van der Waals surface area contributed by atoms with Crippen molar-refractivity contribution in [3.05, 3.63) is 0 Å². The van der Waals surface area contributed by atoms with Gasteiger partial charge in [-0.1, -0.05) is 39.0 Å². The second-order valence-electron chi connectivity index (χ2n) is 11.5. The van der Waals surface area contributed by atoms with Crippen LogP contribution in [0.1, 0.15) is 65.2 Å². The third kappa shape index (κ3) is 8.98. The Balaban J connectivity index is 0.00000155. The average molecular weight is 609 g/mol. The van der Waals surface area contributed by atoms with Crippen molar-refractivity contribution in [1.82, 2.24) is 0 Å². The summed E-state index contributed by atoms with van der Waals surface area (Å²) in [6.07, 6.45) is -5.92. The van der Waals surface area contributed by atoms with E-state index in [4.69, 9.17) is 38.0 Å². The molecular formula is C28H48O14. The Hall–Kier alpha value is -1.10. The summed E-state index contributed by atoms with van der Waals surface area (Å²) in [5.74, 6) is 0.569. The second kappa shape index (κ2) is 17.4. The van der Waals surface area contributed by atoms with E-state index in [9.17, 15) is 30.6 Å². The Kier molecular flexibility index (Phi) is 14.7. The molecule has 14 heteroatoms. The average Bonchev–Trinajstić information content (AvgIpc) is 2.99. The Morgan fingerprint density at radius 2 is 1.45 bits per heavy atom. The normalized spacial score (nSPS) is 43.2. The first-order valence-corrected chi connectivity index (χ1v) is 15.0. The zero-order valence-corrected chi connectivity index (χ0v) is 24.3. The van der Waals surface area contributed by atoms with Gasteiger partial charge in [-0.25, -0.2) is 0 Å². The van der Waals surface area contributed by atoms with E-state index in [1.807, 2.05) is 6.92 Å². The Labute approximate surface area is 245 Å². The first-order chi connectivity index (χ1) is 20.2. The monoisotopic (exact) mass is 608 g/mol. The molecule has 4 fully saturated rings. The summed E-state index contributed by atoms with van der Waals surface area (Å²) in [6, 6.07) is 0. The highest BCUT2D eigenvalue weighted by atomic mass is 16.7. The molecule has 0 amide bonds. The largest absolute Gasteiger partial charge is 0.394 e. The number of hydrogen-bond acceptors (Lipinski definition) is 14. The molecule has 1 aliphatic carbocycles. The molecule has 244 valence electrons. The summed E-state index contributed by atoms with van der Waals surface area (Å²) in [6.45, 7) is 3.72. The minimum absolute atomic E-state index is 0.250. The first-order valence-electron chi connectivity index (χ1n) is 15.0. The quantitative estimate of drug-likeness (QED) is 0.176. The van der Waals surface area contributed by atoms with Gasteiger partial charge in [0.1, 0.15) is 48.8 Å². The maximum absolute atomic E-state index is 11.1. The number of ether oxygens (including phenoxy) is 6. The summed E-state index contributed by atoms with van der Waals surface area (Å²) >= 11 is 0. The summed E-state index contributed by atoms with van der Waals surface area (Å²) in [4.78, 5) is 16.2. The van der Waals surface area contributed by atoms with Crippen molar-refractivity contribution in [2.24, 2.45) is 5.92 Å². The van der Waals surface area contributed by atoms with Gasteiger partial charge in [0.25, 0.3) is 0 Å². The predicted octanol–water partition coefficient (Wildman–Crippen LogP) is -1.01. The van der Waals surface area contributed by atoms with Gasteiger partial charge >= 0.3 is 6.15 Å². The van der Waals surface area contributed by atoms with Crippen LogP contribution in [0.5, 0.6) is 0 Å². The Morgan fingerprint density at radius 3 is 2.10 bits per heavy atom. The molecule has 0 aromatic carbocycles. The number of rotatable bonds is 10. The number of aliphatic hydroxyl groups is 6. The van der Waals surface area contributed by atoms with E-state index in [2.05, 4.69) is 0 Å². The highest BCUT2D eigenvalue weighted by Gasteiger charge is 2.50. The fraction of sp³-hybridized carbons (Fsp3) is 0.964. The van der Waals surface area contributed by atoms with Gasteiger partial charge < -0.3 is 59.1 Å². The Bertz CT molecular complexity index is 805. The molecule has 1 saturated carbocycles. The Morgan fingerprint density at radius 1 is 0.786 bits per heavy atom. The van der Waals surface area contributed by atoms with Crippen LogP contribution in [0.15, 0.2) is 0 Å². The van der Waals surface area contributed by atoms with Crippen LogP contribution < -0.4 is 0 Å². The molecule has 0 aromatic rings. The lowest BCUT2D eigenvalue weighted by molar-refractivity contribution is -0.354. The highest BCUT2D eigenvalue weighted by Crippen LogP contribution is 2.33. The summed E-state index contributed by atoms with van der Waals surface area (Å²) in [5.41, 5.74) is 0. The molecule has 6 N–H and O–H groups in total. The fourth-order valence-corrected chi connectivity index (χ4v) is 6.17. The third-order valence-electron chi connectivity index (χ3n) is 8.66. The minimum Gasteiger partial charge on any atom is -0.394 e. The summed E-state index contributed by atoms with van der Waals surface area (Å²) in [7, 11) is 0. The zero-order chi connectivity index (χ0) is 30.8. The van der Waals surface area contributed by atoms with Crippen molar-refractivity contribution in [3.8, 4) is 0 Å². The molecule has 3 heterocycles. The lowest BCUT2D eigenvalue weighted by Crippen LogP contribution is -2.63. The molecule has 4 rings (SSSR count). The van der Waals surface area contributed by atoms with E-state index in [0.717, 1.165) is 19.3 Å². The van der Waals surface area contributed by atoms with E-state index >= 15 is 0 Å². The second-order valence-corrected chi connectivity index (χ2v) is 11.5. The lowest BCUT2D eigenvalue weighted by atomic mass is 9.87. The van der Waals surface area contributed by atoms with Crippen molar-refractivity contribution >= 4 is 6.15 Å². The standard InChI is InChI=1S/C27H48O12.CO2/c1-3-16-24(39-26-22(32)21(31)19(29)14(2)36-26)17(10-12-34-16)37-27-23(33)25(20(30)18(13-28)38-27)35-11-9-15-7-5-4-6-8-15;2-1-3/h14-33H,3-13H2,1-2H3;. The smallest absolute Gasteiger partial charge is 0.373 e. The SMILES string of the molecule is CCC1OCCC(OC2OC(CO)C(O)C(OCCC3CCCCC3)C2O)C1OC1OC(C)C(O)C(O)C1O.O=C=O. The van der Waals surface area contributed by atoms with Crippen molar-refractivity contribution < 1.29 is 68.6 Å². The summed E-state index contributed by atoms with van der Waals surface area (Å²) in [5, 5.41) is 62.5. The highest BCUT2D eigenvalue weighted by molar-refractivity contribution is 5.20. The van der Waals surface area contributed by atoms with Gasteiger partial charge in [0.05, 0.1) is 24.9 Å². The van der Waals surface area contributed by atoms with Crippen LogP contribution >= 0.6 is 0 Å². The van der Waals surface area contributed by atoms with Gasteiger partial charge in [0.15, 0.2) is 12.6 Å². The van der Waals surface area contributed by atoms with Crippen LogP contribution in [0.3, 0.4) is 0 Å². The van der Waals surface area contributed by atoms with Crippen molar-refractivity contribution in [2.75, 3.05) is 19.8 Å².